The van der Waals surface area contributed by atoms with Gasteiger partial charge in [-0.1, -0.05) is 42.0 Å². The second kappa shape index (κ2) is 8.68. The lowest BCUT2D eigenvalue weighted by Gasteiger charge is -2.18. The van der Waals surface area contributed by atoms with E-state index in [0.29, 0.717) is 5.69 Å². The van der Waals surface area contributed by atoms with Crippen LogP contribution in [0.15, 0.2) is 70.9 Å². The number of amides is 1. The summed E-state index contributed by atoms with van der Waals surface area (Å²) in [7, 11) is -3.32. The molecule has 0 fully saturated rings. The summed E-state index contributed by atoms with van der Waals surface area (Å²) in [5, 5.41) is 8.06. The van der Waals surface area contributed by atoms with Crippen LogP contribution in [0.4, 0.5) is 5.69 Å². The lowest BCUT2D eigenvalue weighted by molar-refractivity contribution is -0.115. The molecule has 0 aliphatic carbocycles. The summed E-state index contributed by atoms with van der Waals surface area (Å²) < 4.78 is 23.3. The van der Waals surface area contributed by atoms with Crippen LogP contribution < -0.4 is 10.6 Å². The zero-order valence-electron chi connectivity index (χ0n) is 15.7. The largest absolute Gasteiger partial charge is 0.325 e. The zero-order chi connectivity index (χ0) is 20.1. The van der Waals surface area contributed by atoms with Crippen molar-refractivity contribution in [3.05, 3.63) is 82.0 Å². The molecule has 1 heterocycles. The molecule has 0 aliphatic heterocycles. The molecule has 1 aromatic heterocycles. The van der Waals surface area contributed by atoms with Crippen LogP contribution in [0.3, 0.4) is 0 Å². The van der Waals surface area contributed by atoms with E-state index in [0.717, 1.165) is 16.7 Å². The fourth-order valence-electron chi connectivity index (χ4n) is 2.80. The normalized spacial score (nSPS) is 12.5. The van der Waals surface area contributed by atoms with Gasteiger partial charge < -0.3 is 5.32 Å². The number of thiophene rings is 1. The molecule has 3 rings (SSSR count). The summed E-state index contributed by atoms with van der Waals surface area (Å²) in [5.74, 6) is -0.237. The van der Waals surface area contributed by atoms with Crippen molar-refractivity contribution in [3.8, 4) is 0 Å². The van der Waals surface area contributed by atoms with Crippen molar-refractivity contribution < 1.29 is 13.2 Å². The molecule has 5 nitrogen and oxygen atoms in total. The van der Waals surface area contributed by atoms with E-state index >= 15 is 0 Å². The Bertz CT molecular complexity index is 1040. The van der Waals surface area contributed by atoms with Crippen LogP contribution in [0, 0.1) is 6.92 Å². The molecule has 2 aromatic carbocycles. The number of sulfone groups is 1. The molecule has 28 heavy (non-hydrogen) atoms. The summed E-state index contributed by atoms with van der Waals surface area (Å²) >= 11 is 1.63. The topological polar surface area (TPSA) is 75.3 Å². The summed E-state index contributed by atoms with van der Waals surface area (Å²) in [5.41, 5.74) is 2.72. The SMILES string of the molecule is Cc1ccc([C@@H](NCC(=O)Nc2cccc(S(C)(=O)=O)c2)c2cccs2)cc1. The highest BCUT2D eigenvalue weighted by Crippen LogP contribution is 2.26. The first kappa shape index (κ1) is 20.3. The number of hydrogen-bond acceptors (Lipinski definition) is 5. The molecule has 2 N–H and O–H groups in total. The minimum absolute atomic E-state index is 0.0892. The van der Waals surface area contributed by atoms with Gasteiger partial charge in [0.15, 0.2) is 9.84 Å². The third kappa shape index (κ3) is 5.28. The molecule has 0 unspecified atom stereocenters. The van der Waals surface area contributed by atoms with E-state index in [2.05, 4.69) is 22.8 Å². The second-order valence-corrected chi connectivity index (χ2v) is 9.58. The monoisotopic (exact) mass is 414 g/mol. The first-order valence-electron chi connectivity index (χ1n) is 8.76. The van der Waals surface area contributed by atoms with Crippen LogP contribution in [-0.4, -0.2) is 27.1 Å². The Morgan fingerprint density at radius 3 is 2.46 bits per heavy atom. The summed E-state index contributed by atoms with van der Waals surface area (Å²) in [6.45, 7) is 2.13. The fraction of sp³-hybridized carbons (Fsp3) is 0.190. The number of anilines is 1. The number of aryl methyl sites for hydroxylation is 1. The molecule has 0 bridgehead atoms. The minimum atomic E-state index is -3.32. The molecule has 1 amide bonds. The first-order valence-corrected chi connectivity index (χ1v) is 11.5. The molecule has 7 heteroatoms. The standard InChI is InChI=1S/C21H22N2O3S2/c1-15-8-10-16(11-9-15)21(19-7-4-12-27-19)22-14-20(24)23-17-5-3-6-18(13-17)28(2,25)26/h3-13,21-22H,14H2,1-2H3,(H,23,24)/t21-/m1/s1. The van der Waals surface area contributed by atoms with Crippen molar-refractivity contribution in [3.63, 3.8) is 0 Å². The van der Waals surface area contributed by atoms with Crippen molar-refractivity contribution in [1.29, 1.82) is 0 Å². The predicted octanol–water partition coefficient (Wildman–Crippen LogP) is 3.78. The lowest BCUT2D eigenvalue weighted by atomic mass is 10.0. The molecule has 0 saturated carbocycles. The maximum atomic E-state index is 12.4. The van der Waals surface area contributed by atoms with E-state index in [9.17, 15) is 13.2 Å². The van der Waals surface area contributed by atoms with Gasteiger partial charge in [0.25, 0.3) is 0 Å². The van der Waals surface area contributed by atoms with Crippen LogP contribution in [0.1, 0.15) is 22.0 Å². The summed E-state index contributed by atoms with van der Waals surface area (Å²) in [6, 6.07) is 18.4. The van der Waals surface area contributed by atoms with Gasteiger partial charge >= 0.3 is 0 Å². The molecule has 0 saturated heterocycles. The van der Waals surface area contributed by atoms with Crippen molar-refractivity contribution in [2.75, 3.05) is 18.1 Å². The van der Waals surface area contributed by atoms with E-state index in [1.54, 1.807) is 23.5 Å². The number of carbonyl (C=O) groups excluding carboxylic acids is 1. The first-order chi connectivity index (χ1) is 13.3. The van der Waals surface area contributed by atoms with Gasteiger partial charge in [-0.05, 0) is 42.1 Å². The second-order valence-electron chi connectivity index (χ2n) is 6.59. The van der Waals surface area contributed by atoms with Gasteiger partial charge in [-0.2, -0.15) is 0 Å². The molecule has 3 aromatic rings. The van der Waals surface area contributed by atoms with Crippen molar-refractivity contribution in [2.45, 2.75) is 17.9 Å². The highest BCUT2D eigenvalue weighted by molar-refractivity contribution is 7.90. The zero-order valence-corrected chi connectivity index (χ0v) is 17.3. The molecule has 1 atom stereocenters. The van der Waals surface area contributed by atoms with Crippen LogP contribution in [0.25, 0.3) is 0 Å². The Labute approximate surface area is 169 Å². The maximum absolute atomic E-state index is 12.4. The molecular weight excluding hydrogens is 392 g/mol. The van der Waals surface area contributed by atoms with Gasteiger partial charge in [-0.15, -0.1) is 11.3 Å². The van der Waals surface area contributed by atoms with E-state index in [4.69, 9.17) is 0 Å². The Balaban J connectivity index is 1.70. The van der Waals surface area contributed by atoms with E-state index in [-0.39, 0.29) is 23.4 Å². The van der Waals surface area contributed by atoms with Crippen LogP contribution in [0.5, 0.6) is 0 Å². The van der Waals surface area contributed by atoms with E-state index < -0.39 is 9.84 Å². The Kier molecular flexibility index (Phi) is 6.28. The lowest BCUT2D eigenvalue weighted by Crippen LogP contribution is -2.31. The maximum Gasteiger partial charge on any atom is 0.238 e. The number of hydrogen-bond donors (Lipinski definition) is 2. The Hall–Kier alpha value is -2.48. The van der Waals surface area contributed by atoms with Gasteiger partial charge in [0.05, 0.1) is 17.5 Å². The predicted molar refractivity (Wildman–Crippen MR) is 114 cm³/mol. The average molecular weight is 415 g/mol. The summed E-state index contributed by atoms with van der Waals surface area (Å²) in [4.78, 5) is 13.7. The quantitative estimate of drug-likeness (QED) is 0.617. The highest BCUT2D eigenvalue weighted by atomic mass is 32.2. The van der Waals surface area contributed by atoms with Gasteiger partial charge in [0.1, 0.15) is 0 Å². The van der Waals surface area contributed by atoms with Crippen LogP contribution >= 0.6 is 11.3 Å². The molecular formula is C21H22N2O3S2. The number of carbonyl (C=O) groups is 1. The average Bonchev–Trinajstić information content (AvgIpc) is 3.17. The van der Waals surface area contributed by atoms with E-state index in [1.807, 2.05) is 36.6 Å². The number of nitrogens with one attached hydrogen (secondary N) is 2. The third-order valence-electron chi connectivity index (χ3n) is 4.25. The Morgan fingerprint density at radius 2 is 1.82 bits per heavy atom. The van der Waals surface area contributed by atoms with Gasteiger partial charge in [0, 0.05) is 16.8 Å². The molecule has 0 spiro atoms. The van der Waals surface area contributed by atoms with Crippen LogP contribution in [-0.2, 0) is 14.6 Å². The van der Waals surface area contributed by atoms with Gasteiger partial charge in [-0.3, -0.25) is 10.1 Å². The number of rotatable bonds is 7. The Morgan fingerprint density at radius 1 is 1.07 bits per heavy atom. The van der Waals surface area contributed by atoms with Gasteiger partial charge in [-0.25, -0.2) is 8.42 Å². The van der Waals surface area contributed by atoms with Crippen molar-refractivity contribution >= 4 is 32.8 Å². The van der Waals surface area contributed by atoms with Crippen LogP contribution in [0.2, 0.25) is 0 Å². The fourth-order valence-corrected chi connectivity index (χ4v) is 4.30. The minimum Gasteiger partial charge on any atom is -0.325 e. The van der Waals surface area contributed by atoms with Crippen molar-refractivity contribution in [1.82, 2.24) is 5.32 Å². The van der Waals surface area contributed by atoms with Gasteiger partial charge in [0.2, 0.25) is 5.91 Å². The number of benzene rings is 2. The van der Waals surface area contributed by atoms with Crippen molar-refractivity contribution in [2.24, 2.45) is 0 Å². The summed E-state index contributed by atoms with van der Waals surface area (Å²) in [6.07, 6.45) is 1.14. The third-order valence-corrected chi connectivity index (χ3v) is 6.30. The van der Waals surface area contributed by atoms with E-state index in [1.165, 1.54) is 17.7 Å². The highest BCUT2D eigenvalue weighted by Gasteiger charge is 2.16. The molecule has 146 valence electrons. The molecule has 0 aliphatic rings. The molecule has 0 radical (unpaired) electrons. The smallest absolute Gasteiger partial charge is 0.238 e.